The van der Waals surface area contributed by atoms with Gasteiger partial charge in [0.2, 0.25) is 5.13 Å². The number of allylic oxidation sites excluding steroid dienone is 3. The third-order valence-electron chi connectivity index (χ3n) is 4.41. The van der Waals surface area contributed by atoms with E-state index >= 15 is 0 Å². The molecule has 1 unspecified atom stereocenters. The highest BCUT2D eigenvalue weighted by Crippen LogP contribution is 2.46. The van der Waals surface area contributed by atoms with E-state index in [1.54, 1.807) is 4.90 Å². The molecule has 0 fully saturated rings. The number of nitriles is 1. The summed E-state index contributed by atoms with van der Waals surface area (Å²) < 4.78 is 0.519. The maximum absolute atomic E-state index is 12.8. The number of hydrogen-bond donors (Lipinski definition) is 2. The zero-order valence-corrected chi connectivity index (χ0v) is 15.4. The average Bonchev–Trinajstić information content (AvgIpc) is 3.26. The lowest BCUT2D eigenvalue weighted by Crippen LogP contribution is -2.38. The molecule has 1 aliphatic carbocycles. The van der Waals surface area contributed by atoms with E-state index in [-0.39, 0.29) is 5.78 Å². The Morgan fingerprint density at radius 2 is 2.32 bits per heavy atom. The largest absolute Gasteiger partial charge is 0.384 e. The molecule has 1 aliphatic heterocycles. The summed E-state index contributed by atoms with van der Waals surface area (Å²) in [4.78, 5) is 14.5. The Balaban J connectivity index is 1.99. The Morgan fingerprint density at radius 1 is 1.48 bits per heavy atom. The van der Waals surface area contributed by atoms with Gasteiger partial charge in [0, 0.05) is 17.7 Å². The minimum atomic E-state index is -0.401. The van der Waals surface area contributed by atoms with Gasteiger partial charge < -0.3 is 5.73 Å². The Hall–Kier alpha value is -2.28. The molecular formula is C16H13N5OS3. The van der Waals surface area contributed by atoms with Crippen LogP contribution < -0.4 is 10.6 Å². The van der Waals surface area contributed by atoms with Crippen molar-refractivity contribution in [1.29, 1.82) is 5.26 Å². The van der Waals surface area contributed by atoms with E-state index in [0.717, 1.165) is 17.7 Å². The summed E-state index contributed by atoms with van der Waals surface area (Å²) in [6, 6.07) is 4.17. The lowest BCUT2D eigenvalue weighted by Gasteiger charge is -2.37. The summed E-state index contributed by atoms with van der Waals surface area (Å²) in [7, 11) is 0. The zero-order valence-electron chi connectivity index (χ0n) is 13.0. The molecule has 3 heterocycles. The first-order chi connectivity index (χ1) is 12.1. The summed E-state index contributed by atoms with van der Waals surface area (Å²) in [6.45, 7) is 0. The lowest BCUT2D eigenvalue weighted by atomic mass is 9.76. The van der Waals surface area contributed by atoms with E-state index in [4.69, 9.17) is 18.0 Å². The van der Waals surface area contributed by atoms with Crippen LogP contribution in [0, 0.1) is 15.3 Å². The molecule has 0 spiro atoms. The molecule has 1 atom stereocenters. The predicted octanol–water partition coefficient (Wildman–Crippen LogP) is 3.57. The Bertz CT molecular complexity index is 1010. The smallest absolute Gasteiger partial charge is 0.216 e. The van der Waals surface area contributed by atoms with Crippen LogP contribution in [0.1, 0.15) is 30.7 Å². The van der Waals surface area contributed by atoms with E-state index < -0.39 is 5.92 Å². The number of Topliss-reactive ketones (excluding diaryl/α,β-unsaturated/α-hetero) is 1. The molecule has 2 aromatic heterocycles. The molecule has 9 heteroatoms. The Morgan fingerprint density at radius 3 is 2.96 bits per heavy atom. The second kappa shape index (κ2) is 6.22. The number of nitrogens with one attached hydrogen (secondary N) is 1. The van der Waals surface area contributed by atoms with Crippen LogP contribution in [0.3, 0.4) is 0 Å². The fraction of sp³-hybridized carbons (Fsp3) is 0.250. The minimum absolute atomic E-state index is 0.0711. The van der Waals surface area contributed by atoms with Gasteiger partial charge in [-0.3, -0.25) is 14.8 Å². The van der Waals surface area contributed by atoms with Crippen LogP contribution in [0.15, 0.2) is 39.5 Å². The summed E-state index contributed by atoms with van der Waals surface area (Å²) in [5, 5.41) is 21.2. The van der Waals surface area contributed by atoms with Crippen molar-refractivity contribution in [2.24, 2.45) is 5.73 Å². The number of hydrogen-bond acceptors (Lipinski definition) is 8. The number of carbonyl (C=O) groups is 1. The number of nitrogens with zero attached hydrogens (tertiary/aromatic N) is 3. The minimum Gasteiger partial charge on any atom is -0.384 e. The van der Waals surface area contributed by atoms with Crippen molar-refractivity contribution in [1.82, 2.24) is 10.2 Å². The van der Waals surface area contributed by atoms with Crippen molar-refractivity contribution in [2.75, 3.05) is 4.90 Å². The van der Waals surface area contributed by atoms with Crippen molar-refractivity contribution < 1.29 is 4.79 Å². The fourth-order valence-corrected chi connectivity index (χ4v) is 5.00. The van der Waals surface area contributed by atoms with Crippen molar-refractivity contribution in [3.63, 3.8) is 0 Å². The van der Waals surface area contributed by atoms with Crippen LogP contribution in [0.4, 0.5) is 5.13 Å². The Kier molecular flexibility index (Phi) is 4.03. The summed E-state index contributed by atoms with van der Waals surface area (Å²) in [6.07, 6.45) is 1.96. The number of aromatic nitrogens is 2. The monoisotopic (exact) mass is 387 g/mol. The molecule has 6 nitrogen and oxygen atoms in total. The number of H-pyrrole nitrogens is 1. The maximum atomic E-state index is 12.8. The summed E-state index contributed by atoms with van der Waals surface area (Å²) in [5.74, 6) is -0.00561. The van der Waals surface area contributed by atoms with Crippen LogP contribution in [-0.4, -0.2) is 16.0 Å². The van der Waals surface area contributed by atoms with Gasteiger partial charge in [0.25, 0.3) is 0 Å². The molecule has 126 valence electrons. The van der Waals surface area contributed by atoms with Gasteiger partial charge in [0.15, 0.2) is 9.74 Å². The van der Waals surface area contributed by atoms with Gasteiger partial charge >= 0.3 is 0 Å². The molecule has 0 amide bonds. The van der Waals surface area contributed by atoms with Gasteiger partial charge in [-0.2, -0.15) is 16.6 Å². The van der Waals surface area contributed by atoms with Crippen LogP contribution in [0.5, 0.6) is 0 Å². The van der Waals surface area contributed by atoms with Crippen molar-refractivity contribution >= 4 is 45.8 Å². The van der Waals surface area contributed by atoms with E-state index in [0.29, 0.717) is 38.9 Å². The van der Waals surface area contributed by atoms with Gasteiger partial charge in [-0.25, -0.2) is 0 Å². The highest BCUT2D eigenvalue weighted by atomic mass is 32.1. The normalized spacial score (nSPS) is 20.7. The number of aromatic amines is 1. The zero-order chi connectivity index (χ0) is 17.6. The quantitative estimate of drug-likeness (QED) is 0.765. The van der Waals surface area contributed by atoms with E-state index in [1.165, 1.54) is 22.7 Å². The highest BCUT2D eigenvalue weighted by molar-refractivity contribution is 7.73. The van der Waals surface area contributed by atoms with Crippen molar-refractivity contribution in [2.45, 2.75) is 25.2 Å². The molecule has 2 aromatic rings. The van der Waals surface area contributed by atoms with Gasteiger partial charge in [-0.05, 0) is 47.4 Å². The molecule has 4 rings (SSSR count). The average molecular weight is 388 g/mol. The summed E-state index contributed by atoms with van der Waals surface area (Å²) in [5.41, 5.74) is 9.20. The number of carbonyl (C=O) groups excluding carboxylic acids is 1. The number of ketones is 1. The van der Waals surface area contributed by atoms with Gasteiger partial charge in [0.1, 0.15) is 5.82 Å². The van der Waals surface area contributed by atoms with Gasteiger partial charge in [-0.15, -0.1) is 5.10 Å². The lowest BCUT2D eigenvalue weighted by molar-refractivity contribution is -0.116. The van der Waals surface area contributed by atoms with Crippen LogP contribution >= 0.6 is 34.9 Å². The van der Waals surface area contributed by atoms with Crippen LogP contribution in [0.25, 0.3) is 0 Å². The van der Waals surface area contributed by atoms with Crippen LogP contribution in [0.2, 0.25) is 0 Å². The SMILES string of the molecule is N#CC1=C(N)N(c2n[nH]c(=S)s2)C2=C(C(=O)CCC2)C1c1ccsc1. The molecule has 25 heavy (non-hydrogen) atoms. The molecule has 0 radical (unpaired) electrons. The van der Waals surface area contributed by atoms with Crippen LogP contribution in [-0.2, 0) is 4.79 Å². The van der Waals surface area contributed by atoms with E-state index in [2.05, 4.69) is 16.3 Å². The van der Waals surface area contributed by atoms with E-state index in [1.807, 2.05) is 16.8 Å². The molecule has 2 aliphatic rings. The third-order valence-corrected chi connectivity index (χ3v) is 6.18. The first kappa shape index (κ1) is 16.2. The Labute approximate surface area is 156 Å². The van der Waals surface area contributed by atoms with Gasteiger partial charge in [0.05, 0.1) is 17.6 Å². The molecule has 0 saturated carbocycles. The standard InChI is InChI=1S/C16H13N5OS3/c17-6-9-12(8-4-5-24-7-8)13-10(2-1-3-11(13)22)21(14(9)18)15-19-20-16(23)25-15/h4-5,7,12H,1-3,18H2,(H,20,23). The topological polar surface area (TPSA) is 98.8 Å². The number of anilines is 1. The van der Waals surface area contributed by atoms with Crippen molar-refractivity contribution in [3.05, 3.63) is 49.0 Å². The third kappa shape index (κ3) is 2.54. The predicted molar refractivity (Wildman–Crippen MR) is 99.5 cm³/mol. The maximum Gasteiger partial charge on any atom is 0.216 e. The van der Waals surface area contributed by atoms with E-state index in [9.17, 15) is 10.1 Å². The van der Waals surface area contributed by atoms with Crippen molar-refractivity contribution in [3.8, 4) is 6.07 Å². The second-order valence-corrected chi connectivity index (χ2v) is 8.19. The molecular weight excluding hydrogens is 374 g/mol. The number of rotatable bonds is 2. The summed E-state index contributed by atoms with van der Waals surface area (Å²) >= 11 is 7.94. The molecule has 0 aromatic carbocycles. The number of thiophene rings is 1. The first-order valence-electron chi connectivity index (χ1n) is 7.65. The first-order valence-corrected chi connectivity index (χ1v) is 9.82. The molecule has 0 bridgehead atoms. The molecule has 3 N–H and O–H groups in total. The fourth-order valence-electron chi connectivity index (χ4n) is 3.40. The molecule has 0 saturated heterocycles. The second-order valence-electron chi connectivity index (χ2n) is 5.77. The highest BCUT2D eigenvalue weighted by Gasteiger charge is 2.41. The number of nitrogens with two attached hydrogens (primary N) is 1. The van der Waals surface area contributed by atoms with Gasteiger partial charge in [-0.1, -0.05) is 11.3 Å².